The number of hydrogen-bond donors (Lipinski definition) is 1. The Kier molecular flexibility index (Phi) is 5.01. The molecule has 0 unspecified atom stereocenters. The molecule has 1 aliphatic rings. The predicted molar refractivity (Wildman–Crippen MR) is 79.8 cm³/mol. The smallest absolute Gasteiger partial charge is 0.234 e. The van der Waals surface area contributed by atoms with Crippen molar-refractivity contribution in [2.75, 3.05) is 27.2 Å². The number of nitrogens with one attached hydrogen (secondary N) is 1. The lowest BCUT2D eigenvalue weighted by molar-refractivity contribution is -0.122. The maximum Gasteiger partial charge on any atom is 0.234 e. The van der Waals surface area contributed by atoms with Gasteiger partial charge in [-0.15, -0.1) is 0 Å². The lowest BCUT2D eigenvalue weighted by Crippen LogP contribution is -2.35. The van der Waals surface area contributed by atoms with Gasteiger partial charge in [-0.25, -0.2) is 0 Å². The van der Waals surface area contributed by atoms with Gasteiger partial charge in [0.05, 0.1) is 13.7 Å². The number of likely N-dealkylation sites (N-methyl/N-ethyl adjacent to an activating group) is 1. The molecule has 0 aliphatic heterocycles. The first-order chi connectivity index (χ1) is 9.58. The lowest BCUT2D eigenvalue weighted by Gasteiger charge is -2.17. The second-order valence-electron chi connectivity index (χ2n) is 5.72. The van der Waals surface area contributed by atoms with Gasteiger partial charge in [-0.05, 0) is 49.9 Å². The summed E-state index contributed by atoms with van der Waals surface area (Å²) in [7, 11) is 3.65. The minimum atomic E-state index is 0.115. The average molecular weight is 276 g/mol. The first-order valence-electron chi connectivity index (χ1n) is 7.17. The number of aryl methyl sites for hydroxylation is 1. The zero-order chi connectivity index (χ0) is 14.5. The van der Waals surface area contributed by atoms with Gasteiger partial charge >= 0.3 is 0 Å². The molecule has 0 radical (unpaired) electrons. The molecule has 1 aromatic rings. The van der Waals surface area contributed by atoms with Gasteiger partial charge in [-0.2, -0.15) is 0 Å². The number of ether oxygens (including phenoxy) is 1. The summed E-state index contributed by atoms with van der Waals surface area (Å²) in [5, 5.41) is 2.99. The highest BCUT2D eigenvalue weighted by molar-refractivity contribution is 5.78. The van der Waals surface area contributed by atoms with Crippen molar-refractivity contribution in [3.63, 3.8) is 0 Å². The van der Waals surface area contributed by atoms with Gasteiger partial charge in [-0.1, -0.05) is 12.1 Å². The Morgan fingerprint density at radius 3 is 2.80 bits per heavy atom. The minimum Gasteiger partial charge on any atom is -0.496 e. The Bertz CT molecular complexity index is 470. The van der Waals surface area contributed by atoms with Crippen LogP contribution >= 0.6 is 0 Å². The van der Waals surface area contributed by atoms with E-state index in [4.69, 9.17) is 4.74 Å². The molecular weight excluding hydrogens is 252 g/mol. The van der Waals surface area contributed by atoms with Crippen LogP contribution in [0.15, 0.2) is 18.2 Å². The maximum atomic E-state index is 11.8. The normalized spacial score (nSPS) is 14.4. The van der Waals surface area contributed by atoms with E-state index < -0.39 is 0 Å². The molecule has 0 heterocycles. The van der Waals surface area contributed by atoms with Gasteiger partial charge in [0, 0.05) is 13.1 Å². The van der Waals surface area contributed by atoms with Gasteiger partial charge in [0.15, 0.2) is 0 Å². The zero-order valence-electron chi connectivity index (χ0n) is 12.6. The largest absolute Gasteiger partial charge is 0.496 e. The summed E-state index contributed by atoms with van der Waals surface area (Å²) in [6, 6.07) is 6.13. The van der Waals surface area contributed by atoms with Crippen molar-refractivity contribution in [2.45, 2.75) is 26.3 Å². The fourth-order valence-corrected chi connectivity index (χ4v) is 2.29. The fraction of sp³-hybridized carbons (Fsp3) is 0.562. The van der Waals surface area contributed by atoms with E-state index in [1.807, 2.05) is 31.0 Å². The Hall–Kier alpha value is -1.55. The van der Waals surface area contributed by atoms with Crippen LogP contribution in [0.3, 0.4) is 0 Å². The Morgan fingerprint density at radius 1 is 1.45 bits per heavy atom. The number of methoxy groups -OCH3 is 1. The van der Waals surface area contributed by atoms with Crippen molar-refractivity contribution in [3.8, 4) is 5.75 Å². The average Bonchev–Trinajstić information content (AvgIpc) is 3.20. The third-order valence-electron chi connectivity index (χ3n) is 3.61. The predicted octanol–water partition coefficient (Wildman–Crippen LogP) is 1.96. The lowest BCUT2D eigenvalue weighted by atomic mass is 10.1. The van der Waals surface area contributed by atoms with Crippen molar-refractivity contribution in [1.82, 2.24) is 10.2 Å². The summed E-state index contributed by atoms with van der Waals surface area (Å²) >= 11 is 0. The van der Waals surface area contributed by atoms with Crippen molar-refractivity contribution in [1.29, 1.82) is 0 Å². The van der Waals surface area contributed by atoms with Crippen molar-refractivity contribution >= 4 is 5.91 Å². The monoisotopic (exact) mass is 276 g/mol. The van der Waals surface area contributed by atoms with Crippen LogP contribution in [0.25, 0.3) is 0 Å². The molecule has 2 rings (SSSR count). The molecule has 1 aliphatic carbocycles. The van der Waals surface area contributed by atoms with E-state index in [2.05, 4.69) is 11.4 Å². The van der Waals surface area contributed by atoms with Crippen LogP contribution in [-0.2, 0) is 11.3 Å². The molecule has 1 saturated carbocycles. The molecule has 1 amide bonds. The Balaban J connectivity index is 1.79. The second kappa shape index (κ2) is 6.75. The van der Waals surface area contributed by atoms with Gasteiger partial charge < -0.3 is 10.1 Å². The molecule has 1 N–H and O–H groups in total. The summed E-state index contributed by atoms with van der Waals surface area (Å²) in [4.78, 5) is 13.8. The molecule has 0 spiro atoms. The number of nitrogens with zero attached hydrogens (tertiary/aromatic N) is 1. The number of hydrogen-bond acceptors (Lipinski definition) is 3. The molecule has 0 atom stereocenters. The van der Waals surface area contributed by atoms with Gasteiger partial charge in [0.1, 0.15) is 5.75 Å². The summed E-state index contributed by atoms with van der Waals surface area (Å²) < 4.78 is 5.25. The molecule has 4 nitrogen and oxygen atoms in total. The zero-order valence-corrected chi connectivity index (χ0v) is 12.6. The van der Waals surface area contributed by atoms with E-state index in [0.29, 0.717) is 6.54 Å². The molecule has 110 valence electrons. The molecule has 0 aromatic heterocycles. The SMILES string of the molecule is COc1ccc(CN(C)CC(=O)NCC2CC2)cc1C. The number of benzene rings is 1. The van der Waals surface area contributed by atoms with E-state index in [-0.39, 0.29) is 5.91 Å². The topological polar surface area (TPSA) is 41.6 Å². The van der Waals surface area contributed by atoms with Crippen LogP contribution in [0.4, 0.5) is 0 Å². The van der Waals surface area contributed by atoms with Crippen molar-refractivity contribution in [2.24, 2.45) is 5.92 Å². The van der Waals surface area contributed by atoms with Crippen LogP contribution in [0.5, 0.6) is 5.75 Å². The third-order valence-corrected chi connectivity index (χ3v) is 3.61. The highest BCUT2D eigenvalue weighted by atomic mass is 16.5. The van der Waals surface area contributed by atoms with E-state index in [0.717, 1.165) is 30.3 Å². The van der Waals surface area contributed by atoms with E-state index >= 15 is 0 Å². The maximum absolute atomic E-state index is 11.8. The van der Waals surface area contributed by atoms with Crippen molar-refractivity contribution in [3.05, 3.63) is 29.3 Å². The van der Waals surface area contributed by atoms with Crippen LogP contribution in [0.1, 0.15) is 24.0 Å². The second-order valence-corrected chi connectivity index (χ2v) is 5.72. The van der Waals surface area contributed by atoms with Gasteiger partial charge in [-0.3, -0.25) is 9.69 Å². The molecule has 0 bridgehead atoms. The first kappa shape index (κ1) is 14.9. The Labute approximate surface area is 121 Å². The molecule has 4 heteroatoms. The summed E-state index contributed by atoms with van der Waals surface area (Å²) in [5.74, 6) is 1.75. The molecule has 0 saturated heterocycles. The van der Waals surface area contributed by atoms with Crippen LogP contribution in [0.2, 0.25) is 0 Å². The third kappa shape index (κ3) is 4.53. The summed E-state index contributed by atoms with van der Waals surface area (Å²) in [6.45, 7) is 4.08. The number of carbonyl (C=O) groups excluding carboxylic acids is 1. The minimum absolute atomic E-state index is 0.115. The highest BCUT2D eigenvalue weighted by Crippen LogP contribution is 2.27. The number of amides is 1. The van der Waals surface area contributed by atoms with E-state index in [1.165, 1.54) is 18.4 Å². The quantitative estimate of drug-likeness (QED) is 0.828. The summed E-state index contributed by atoms with van der Waals surface area (Å²) in [6.07, 6.45) is 2.53. The van der Waals surface area contributed by atoms with Crippen LogP contribution in [-0.4, -0.2) is 38.1 Å². The number of rotatable bonds is 7. The highest BCUT2D eigenvalue weighted by Gasteiger charge is 2.21. The summed E-state index contributed by atoms with van der Waals surface area (Å²) in [5.41, 5.74) is 2.32. The first-order valence-corrected chi connectivity index (χ1v) is 7.17. The Morgan fingerprint density at radius 2 is 2.20 bits per heavy atom. The molecular formula is C16H24N2O2. The molecule has 1 aromatic carbocycles. The van der Waals surface area contributed by atoms with Gasteiger partial charge in [0.2, 0.25) is 5.91 Å². The molecule has 1 fully saturated rings. The van der Waals surface area contributed by atoms with Crippen LogP contribution < -0.4 is 10.1 Å². The fourth-order valence-electron chi connectivity index (χ4n) is 2.29. The molecule has 20 heavy (non-hydrogen) atoms. The van der Waals surface area contributed by atoms with E-state index in [1.54, 1.807) is 7.11 Å². The standard InChI is InChI=1S/C16H24N2O2/c1-12-8-14(6-7-15(12)20-3)10-18(2)11-16(19)17-9-13-4-5-13/h6-8,13H,4-5,9-11H2,1-3H3,(H,17,19). The van der Waals surface area contributed by atoms with Crippen LogP contribution in [0, 0.1) is 12.8 Å². The van der Waals surface area contributed by atoms with Crippen molar-refractivity contribution < 1.29 is 9.53 Å². The van der Waals surface area contributed by atoms with Gasteiger partial charge in [0.25, 0.3) is 0 Å². The van der Waals surface area contributed by atoms with E-state index in [9.17, 15) is 4.79 Å². The number of carbonyl (C=O) groups is 1.